The van der Waals surface area contributed by atoms with Gasteiger partial charge in [-0.1, -0.05) is 0 Å². The van der Waals surface area contributed by atoms with E-state index in [1.54, 1.807) is 0 Å². The van der Waals surface area contributed by atoms with Gasteiger partial charge in [-0.3, -0.25) is 9.59 Å². The lowest BCUT2D eigenvalue weighted by Crippen LogP contribution is -2.42. The van der Waals surface area contributed by atoms with Crippen molar-refractivity contribution >= 4 is 17.6 Å². The van der Waals surface area contributed by atoms with Crippen LogP contribution in [0.25, 0.3) is 0 Å². The Morgan fingerprint density at radius 1 is 1.15 bits per heavy atom. The molecule has 8 heteroatoms. The summed E-state index contributed by atoms with van der Waals surface area (Å²) in [6, 6.07) is 0.0254. The highest BCUT2D eigenvalue weighted by atomic mass is 16.5. The van der Waals surface area contributed by atoms with E-state index >= 15 is 0 Å². The van der Waals surface area contributed by atoms with Crippen molar-refractivity contribution in [3.63, 3.8) is 0 Å². The lowest BCUT2D eigenvalue weighted by Gasteiger charge is -2.27. The molecule has 0 spiro atoms. The van der Waals surface area contributed by atoms with Crippen LogP contribution in [-0.4, -0.2) is 72.1 Å². The van der Waals surface area contributed by atoms with Gasteiger partial charge in [-0.25, -0.2) is 9.97 Å². The molecule has 138 valence electrons. The van der Waals surface area contributed by atoms with Gasteiger partial charge in [0.15, 0.2) is 0 Å². The molecule has 26 heavy (non-hydrogen) atoms. The normalized spacial score (nSPS) is 28.5. The minimum absolute atomic E-state index is 0.0149. The standard InChI is InChI=1S/C18H23N5O3/c1-22-12-8-23(9-13(12)26-7-5-14(22)24)17-11-4-6-19-18(25)15(11)20-16(21-17)10-2-3-10/h10,12-13H,2-9H2,1H3,(H,19,25)/t12-,13-/m0/s1. The maximum atomic E-state index is 12.3. The lowest BCUT2D eigenvalue weighted by molar-refractivity contribution is -0.130. The topological polar surface area (TPSA) is 87.7 Å². The molecule has 0 unspecified atom stereocenters. The van der Waals surface area contributed by atoms with Crippen molar-refractivity contribution in [1.82, 2.24) is 20.2 Å². The number of amides is 2. The van der Waals surface area contributed by atoms with E-state index in [-0.39, 0.29) is 24.0 Å². The Morgan fingerprint density at radius 2 is 2.00 bits per heavy atom. The molecule has 3 fully saturated rings. The number of carbonyl (C=O) groups is 2. The van der Waals surface area contributed by atoms with Crippen molar-refractivity contribution in [2.24, 2.45) is 0 Å². The largest absolute Gasteiger partial charge is 0.374 e. The summed E-state index contributed by atoms with van der Waals surface area (Å²) in [5, 5.41) is 2.89. The molecule has 1 saturated carbocycles. The molecule has 0 radical (unpaired) electrons. The van der Waals surface area contributed by atoms with Crippen LogP contribution in [0.4, 0.5) is 5.82 Å². The zero-order chi connectivity index (χ0) is 17.8. The maximum absolute atomic E-state index is 12.3. The first kappa shape index (κ1) is 16.0. The van der Waals surface area contributed by atoms with Crippen LogP contribution >= 0.6 is 0 Å². The predicted octanol–water partition coefficient (Wildman–Crippen LogP) is 0.0758. The summed E-state index contributed by atoms with van der Waals surface area (Å²) < 4.78 is 5.95. The number of nitrogens with zero attached hydrogens (tertiary/aromatic N) is 4. The van der Waals surface area contributed by atoms with Crippen LogP contribution in [0.5, 0.6) is 0 Å². The first-order chi connectivity index (χ1) is 12.6. The molecule has 1 N–H and O–H groups in total. The van der Waals surface area contributed by atoms with Gasteiger partial charge in [0, 0.05) is 38.2 Å². The Balaban J connectivity index is 1.52. The summed E-state index contributed by atoms with van der Waals surface area (Å²) in [6.07, 6.45) is 3.34. The monoisotopic (exact) mass is 357 g/mol. The molecule has 3 aliphatic heterocycles. The maximum Gasteiger partial charge on any atom is 0.270 e. The minimum Gasteiger partial charge on any atom is -0.374 e. The molecule has 2 saturated heterocycles. The Bertz CT molecular complexity index is 778. The highest BCUT2D eigenvalue weighted by Gasteiger charge is 2.42. The van der Waals surface area contributed by atoms with E-state index in [2.05, 4.69) is 15.2 Å². The average Bonchev–Trinajstić information content (AvgIpc) is 3.42. The van der Waals surface area contributed by atoms with Crippen molar-refractivity contribution in [2.45, 2.75) is 43.7 Å². The van der Waals surface area contributed by atoms with Crippen molar-refractivity contribution in [2.75, 3.05) is 38.2 Å². The minimum atomic E-state index is -0.103. The number of anilines is 1. The summed E-state index contributed by atoms with van der Waals surface area (Å²) >= 11 is 0. The Labute approximate surface area is 151 Å². The number of nitrogens with one attached hydrogen (secondary N) is 1. The number of ether oxygens (including phenoxy) is 1. The number of rotatable bonds is 2. The smallest absolute Gasteiger partial charge is 0.270 e. The van der Waals surface area contributed by atoms with Gasteiger partial charge in [0.1, 0.15) is 17.3 Å². The van der Waals surface area contributed by atoms with Crippen LogP contribution in [-0.2, 0) is 16.0 Å². The number of carbonyl (C=O) groups excluding carboxylic acids is 2. The van der Waals surface area contributed by atoms with Crippen LogP contribution in [0.2, 0.25) is 0 Å². The second-order valence-corrected chi connectivity index (χ2v) is 7.65. The van der Waals surface area contributed by atoms with E-state index < -0.39 is 0 Å². The fraction of sp³-hybridized carbons (Fsp3) is 0.667. The number of fused-ring (bicyclic) bond motifs is 2. The van der Waals surface area contributed by atoms with E-state index in [1.165, 1.54) is 0 Å². The highest BCUT2D eigenvalue weighted by Crippen LogP contribution is 2.40. The van der Waals surface area contributed by atoms with E-state index in [1.807, 2.05) is 11.9 Å². The van der Waals surface area contributed by atoms with Gasteiger partial charge in [-0.15, -0.1) is 0 Å². The van der Waals surface area contributed by atoms with Gasteiger partial charge in [-0.2, -0.15) is 0 Å². The van der Waals surface area contributed by atoms with Crippen LogP contribution in [0.15, 0.2) is 0 Å². The molecule has 2 amide bonds. The Hall–Kier alpha value is -2.22. The second kappa shape index (κ2) is 5.90. The molecule has 1 aliphatic carbocycles. The van der Waals surface area contributed by atoms with E-state index in [0.717, 1.165) is 36.5 Å². The first-order valence-corrected chi connectivity index (χ1v) is 9.43. The number of likely N-dealkylation sites (N-methyl/N-ethyl adjacent to an activating group) is 1. The van der Waals surface area contributed by atoms with E-state index in [4.69, 9.17) is 9.72 Å². The van der Waals surface area contributed by atoms with Gasteiger partial charge in [0.2, 0.25) is 5.91 Å². The summed E-state index contributed by atoms with van der Waals surface area (Å²) in [5.41, 5.74) is 1.46. The number of hydrogen-bond acceptors (Lipinski definition) is 6. The first-order valence-electron chi connectivity index (χ1n) is 9.43. The Kier molecular flexibility index (Phi) is 3.63. The fourth-order valence-electron chi connectivity index (χ4n) is 4.20. The van der Waals surface area contributed by atoms with Crippen molar-refractivity contribution < 1.29 is 14.3 Å². The van der Waals surface area contributed by atoms with Crippen molar-refractivity contribution in [3.05, 3.63) is 17.1 Å². The van der Waals surface area contributed by atoms with E-state index in [9.17, 15) is 9.59 Å². The third kappa shape index (κ3) is 2.55. The van der Waals surface area contributed by atoms with Crippen molar-refractivity contribution in [3.8, 4) is 0 Å². The van der Waals surface area contributed by atoms with E-state index in [0.29, 0.717) is 44.3 Å². The highest BCUT2D eigenvalue weighted by molar-refractivity contribution is 5.96. The van der Waals surface area contributed by atoms with Crippen LogP contribution in [0.3, 0.4) is 0 Å². The third-order valence-electron chi connectivity index (χ3n) is 5.90. The molecule has 4 aliphatic rings. The summed E-state index contributed by atoms with van der Waals surface area (Å²) in [7, 11) is 1.86. The van der Waals surface area contributed by atoms with Gasteiger partial charge in [0.25, 0.3) is 5.91 Å². The Morgan fingerprint density at radius 3 is 2.81 bits per heavy atom. The van der Waals surface area contributed by atoms with Gasteiger partial charge in [-0.05, 0) is 19.3 Å². The van der Waals surface area contributed by atoms with Crippen LogP contribution in [0.1, 0.15) is 47.1 Å². The van der Waals surface area contributed by atoms with Crippen molar-refractivity contribution in [1.29, 1.82) is 0 Å². The molecule has 1 aromatic rings. The molecule has 8 nitrogen and oxygen atoms in total. The van der Waals surface area contributed by atoms with Gasteiger partial charge in [0.05, 0.1) is 25.2 Å². The number of aromatic nitrogens is 2. The molecule has 5 rings (SSSR count). The quantitative estimate of drug-likeness (QED) is 0.806. The number of hydrogen-bond donors (Lipinski definition) is 1. The third-order valence-corrected chi connectivity index (χ3v) is 5.90. The molecule has 2 atom stereocenters. The zero-order valence-electron chi connectivity index (χ0n) is 14.9. The van der Waals surface area contributed by atoms with Gasteiger partial charge >= 0.3 is 0 Å². The fourth-order valence-corrected chi connectivity index (χ4v) is 4.20. The zero-order valence-corrected chi connectivity index (χ0v) is 14.9. The molecular formula is C18H23N5O3. The molecule has 1 aromatic heterocycles. The molecule has 0 bridgehead atoms. The molecule has 4 heterocycles. The van der Waals surface area contributed by atoms with Gasteiger partial charge < -0.3 is 19.9 Å². The predicted molar refractivity (Wildman–Crippen MR) is 93.2 cm³/mol. The molecular weight excluding hydrogens is 334 g/mol. The summed E-state index contributed by atoms with van der Waals surface area (Å²) in [6.45, 7) is 2.45. The second-order valence-electron chi connectivity index (χ2n) is 7.65. The SMILES string of the molecule is CN1C(=O)CCO[C@H]2CN(c3nc(C4CC4)nc4c3CCNC4=O)C[C@@H]21. The van der Waals surface area contributed by atoms with Crippen LogP contribution in [0, 0.1) is 0 Å². The summed E-state index contributed by atoms with van der Waals surface area (Å²) in [5.74, 6) is 2.05. The summed E-state index contributed by atoms with van der Waals surface area (Å²) in [4.78, 5) is 38.0. The average molecular weight is 357 g/mol. The van der Waals surface area contributed by atoms with Crippen LogP contribution < -0.4 is 10.2 Å². The lowest BCUT2D eigenvalue weighted by atomic mass is 10.1. The molecule has 0 aromatic carbocycles.